The number of hydrogen-bond donors (Lipinski definition) is 1. The first-order valence-electron chi connectivity index (χ1n) is 6.86. The van der Waals surface area contributed by atoms with E-state index >= 15 is 0 Å². The Hall–Kier alpha value is -1.61. The summed E-state index contributed by atoms with van der Waals surface area (Å²) in [4.78, 5) is 0. The predicted molar refractivity (Wildman–Crippen MR) is 77.8 cm³/mol. The second-order valence-corrected chi connectivity index (χ2v) is 4.22. The molecule has 21 heavy (non-hydrogen) atoms. The second-order valence-electron chi connectivity index (χ2n) is 4.22. The Morgan fingerprint density at radius 2 is 2.05 bits per heavy atom. The average Bonchev–Trinajstić information content (AvgIpc) is 2.48. The molecule has 1 N–H and O–H groups in total. The van der Waals surface area contributed by atoms with Crippen LogP contribution in [0.4, 0.5) is 4.39 Å². The molecule has 0 radical (unpaired) electrons. The molecule has 0 bridgehead atoms. The fourth-order valence-electron chi connectivity index (χ4n) is 1.50. The van der Waals surface area contributed by atoms with Crippen molar-refractivity contribution >= 4 is 0 Å². The van der Waals surface area contributed by atoms with Gasteiger partial charge in [0.05, 0.1) is 32.0 Å². The minimum Gasteiger partial charge on any atom is -0.493 e. The molecule has 0 aliphatic heterocycles. The summed E-state index contributed by atoms with van der Waals surface area (Å²) in [5, 5.41) is 8.61. The van der Waals surface area contributed by atoms with Gasteiger partial charge in [0.15, 0.2) is 0 Å². The van der Waals surface area contributed by atoms with E-state index in [-0.39, 0.29) is 6.61 Å². The molecule has 1 aromatic rings. The zero-order chi connectivity index (χ0) is 15.3. The van der Waals surface area contributed by atoms with Crippen LogP contribution in [-0.4, -0.2) is 45.3 Å². The molecule has 0 aromatic heterocycles. The molecule has 116 valence electrons. The maximum atomic E-state index is 13.7. The molecular formula is C16H21FO4. The van der Waals surface area contributed by atoms with E-state index in [1.807, 2.05) is 0 Å². The number of aliphatic hydroxyl groups is 1. The first-order chi connectivity index (χ1) is 10.3. The highest BCUT2D eigenvalue weighted by Gasteiger charge is 2.02. The zero-order valence-electron chi connectivity index (χ0n) is 12.2. The van der Waals surface area contributed by atoms with E-state index < -0.39 is 5.82 Å². The van der Waals surface area contributed by atoms with Gasteiger partial charge in [-0.25, -0.2) is 4.39 Å². The average molecular weight is 296 g/mol. The lowest BCUT2D eigenvalue weighted by Crippen LogP contribution is -2.06. The summed E-state index contributed by atoms with van der Waals surface area (Å²) in [7, 11) is 1.62. The summed E-state index contributed by atoms with van der Waals surface area (Å²) in [6.07, 6.45) is 1.06. The lowest BCUT2D eigenvalue weighted by molar-refractivity contribution is 0.0644. The summed E-state index contributed by atoms with van der Waals surface area (Å²) < 4.78 is 29.3. The third kappa shape index (κ3) is 7.66. The van der Waals surface area contributed by atoms with Crippen LogP contribution in [-0.2, 0) is 9.47 Å². The third-order valence-corrected chi connectivity index (χ3v) is 2.53. The maximum absolute atomic E-state index is 13.7. The molecule has 1 rings (SSSR count). The molecule has 5 heteroatoms. The van der Waals surface area contributed by atoms with E-state index in [2.05, 4.69) is 11.8 Å². The predicted octanol–water partition coefficient (Wildman–Crippen LogP) is 1.99. The molecule has 4 nitrogen and oxygen atoms in total. The van der Waals surface area contributed by atoms with Gasteiger partial charge in [-0.1, -0.05) is 11.8 Å². The molecule has 0 amide bonds. The quantitative estimate of drug-likeness (QED) is 0.559. The van der Waals surface area contributed by atoms with Gasteiger partial charge in [0.1, 0.15) is 11.6 Å². The fourth-order valence-corrected chi connectivity index (χ4v) is 1.50. The molecule has 0 unspecified atom stereocenters. The van der Waals surface area contributed by atoms with Crippen molar-refractivity contribution in [1.82, 2.24) is 0 Å². The molecular weight excluding hydrogens is 275 g/mol. The van der Waals surface area contributed by atoms with Crippen LogP contribution >= 0.6 is 0 Å². The molecule has 0 atom stereocenters. The summed E-state index contributed by atoms with van der Waals surface area (Å²) in [5.41, 5.74) is 0.304. The van der Waals surface area contributed by atoms with Crippen molar-refractivity contribution in [3.05, 3.63) is 29.6 Å². The Labute approximate surface area is 124 Å². The van der Waals surface area contributed by atoms with Crippen LogP contribution < -0.4 is 4.74 Å². The minimum absolute atomic E-state index is 0.0255. The number of hydrogen-bond acceptors (Lipinski definition) is 4. The Kier molecular flexibility index (Phi) is 9.21. The van der Waals surface area contributed by atoms with Gasteiger partial charge in [0.25, 0.3) is 0 Å². The smallest absolute Gasteiger partial charge is 0.142 e. The molecule has 0 fully saturated rings. The van der Waals surface area contributed by atoms with Crippen LogP contribution in [0.25, 0.3) is 0 Å². The van der Waals surface area contributed by atoms with Crippen LogP contribution in [0.2, 0.25) is 0 Å². The second kappa shape index (κ2) is 11.1. The van der Waals surface area contributed by atoms with E-state index in [4.69, 9.17) is 19.3 Å². The van der Waals surface area contributed by atoms with Gasteiger partial charge in [-0.15, -0.1) is 0 Å². The molecule has 0 heterocycles. The molecule has 0 aliphatic carbocycles. The number of methoxy groups -OCH3 is 1. The van der Waals surface area contributed by atoms with Gasteiger partial charge in [0, 0.05) is 32.6 Å². The van der Waals surface area contributed by atoms with Gasteiger partial charge in [0.2, 0.25) is 0 Å². The highest BCUT2D eigenvalue weighted by atomic mass is 19.1. The SMILES string of the molecule is COCCOCCCOc1ccc(C#CCCO)c(F)c1. The van der Waals surface area contributed by atoms with Crippen molar-refractivity contribution in [3.63, 3.8) is 0 Å². The van der Waals surface area contributed by atoms with Gasteiger partial charge in [-0.2, -0.15) is 0 Å². The topological polar surface area (TPSA) is 47.9 Å². The largest absolute Gasteiger partial charge is 0.493 e. The number of benzene rings is 1. The third-order valence-electron chi connectivity index (χ3n) is 2.53. The highest BCUT2D eigenvalue weighted by Crippen LogP contribution is 2.16. The highest BCUT2D eigenvalue weighted by molar-refractivity contribution is 5.39. The lowest BCUT2D eigenvalue weighted by atomic mass is 10.2. The Bertz CT molecular complexity index is 465. The van der Waals surface area contributed by atoms with Crippen LogP contribution in [0.15, 0.2) is 18.2 Å². The summed E-state index contributed by atoms with van der Waals surface area (Å²) in [6.45, 7) is 2.15. The van der Waals surface area contributed by atoms with Crippen molar-refractivity contribution in [1.29, 1.82) is 0 Å². The van der Waals surface area contributed by atoms with Gasteiger partial charge >= 0.3 is 0 Å². The van der Waals surface area contributed by atoms with Gasteiger partial charge < -0.3 is 19.3 Å². The monoisotopic (exact) mass is 296 g/mol. The molecule has 1 aromatic carbocycles. The number of ether oxygens (including phenoxy) is 3. The summed E-state index contributed by atoms with van der Waals surface area (Å²) in [6, 6.07) is 4.57. The number of aliphatic hydroxyl groups excluding tert-OH is 1. The lowest BCUT2D eigenvalue weighted by Gasteiger charge is -2.07. The van der Waals surface area contributed by atoms with Gasteiger partial charge in [-0.3, -0.25) is 0 Å². The van der Waals surface area contributed by atoms with Crippen LogP contribution in [0.1, 0.15) is 18.4 Å². The van der Waals surface area contributed by atoms with Crippen LogP contribution in [0.5, 0.6) is 5.75 Å². The number of rotatable bonds is 9. The fraction of sp³-hybridized carbons (Fsp3) is 0.500. The number of halogens is 1. The molecule has 0 aliphatic rings. The van der Waals surface area contributed by atoms with E-state index in [0.29, 0.717) is 44.2 Å². The van der Waals surface area contributed by atoms with E-state index in [1.165, 1.54) is 6.07 Å². The Morgan fingerprint density at radius 1 is 1.19 bits per heavy atom. The Balaban J connectivity index is 2.30. The molecule has 0 saturated carbocycles. The maximum Gasteiger partial charge on any atom is 0.142 e. The molecule has 0 saturated heterocycles. The van der Waals surface area contributed by atoms with Crippen molar-refractivity contribution in [2.24, 2.45) is 0 Å². The van der Waals surface area contributed by atoms with E-state index in [1.54, 1.807) is 19.2 Å². The van der Waals surface area contributed by atoms with Crippen molar-refractivity contribution in [2.45, 2.75) is 12.8 Å². The Morgan fingerprint density at radius 3 is 2.76 bits per heavy atom. The summed E-state index contributed by atoms with van der Waals surface area (Å²) in [5.74, 6) is 5.39. The van der Waals surface area contributed by atoms with E-state index in [0.717, 1.165) is 6.42 Å². The first kappa shape index (κ1) is 17.4. The van der Waals surface area contributed by atoms with Crippen molar-refractivity contribution in [2.75, 3.05) is 40.1 Å². The van der Waals surface area contributed by atoms with Crippen LogP contribution in [0.3, 0.4) is 0 Å². The van der Waals surface area contributed by atoms with Gasteiger partial charge in [-0.05, 0) is 12.1 Å². The summed E-state index contributed by atoms with van der Waals surface area (Å²) >= 11 is 0. The first-order valence-corrected chi connectivity index (χ1v) is 6.86. The minimum atomic E-state index is -0.422. The molecule has 0 spiro atoms. The van der Waals surface area contributed by atoms with Crippen LogP contribution in [0, 0.1) is 17.7 Å². The van der Waals surface area contributed by atoms with E-state index in [9.17, 15) is 4.39 Å². The standard InChI is InChI=1S/C16H21FO4/c1-19-11-12-20-9-4-10-21-15-7-6-14(16(17)13-15)5-2-3-8-18/h6-7,13,18H,3-4,8-12H2,1H3. The zero-order valence-corrected chi connectivity index (χ0v) is 12.2. The van der Waals surface area contributed by atoms with Crippen molar-refractivity contribution < 1.29 is 23.7 Å². The van der Waals surface area contributed by atoms with Crippen molar-refractivity contribution in [3.8, 4) is 17.6 Å². The normalized spacial score (nSPS) is 10.0.